The minimum absolute atomic E-state index is 0.0689. The highest BCUT2D eigenvalue weighted by Gasteiger charge is 2.21. The molecule has 0 bridgehead atoms. The molecular weight excluding hydrogens is 246 g/mol. The molecule has 0 aliphatic carbocycles. The molecule has 0 spiro atoms. The molecule has 0 aliphatic rings. The molecule has 1 aromatic rings. The quantitative estimate of drug-likeness (QED) is 0.628. The third-order valence-corrected chi connectivity index (χ3v) is 2.39. The molecule has 5 nitrogen and oxygen atoms in total. The van der Waals surface area contributed by atoms with Gasteiger partial charge in [-0.2, -0.15) is 0 Å². The van der Waals surface area contributed by atoms with Crippen molar-refractivity contribution in [3.63, 3.8) is 0 Å². The molecule has 0 heterocycles. The molecule has 0 aliphatic heterocycles. The van der Waals surface area contributed by atoms with Crippen molar-refractivity contribution in [1.82, 2.24) is 0 Å². The lowest BCUT2D eigenvalue weighted by molar-refractivity contribution is -0.385. The summed E-state index contributed by atoms with van der Waals surface area (Å²) < 4.78 is 27.4. The molecule has 0 unspecified atom stereocenters. The molecule has 0 atom stereocenters. The van der Waals surface area contributed by atoms with Crippen molar-refractivity contribution in [2.24, 2.45) is 0 Å². The summed E-state index contributed by atoms with van der Waals surface area (Å²) in [5.74, 6) is -1.99. The topological polar surface area (TPSA) is 66.6 Å². The zero-order chi connectivity index (χ0) is 13.7. The predicted molar refractivity (Wildman–Crippen MR) is 62.6 cm³/mol. The summed E-state index contributed by atoms with van der Waals surface area (Å²) in [4.78, 5) is 10.9. The van der Waals surface area contributed by atoms with Gasteiger partial charge in [0.05, 0.1) is 23.7 Å². The van der Waals surface area contributed by atoms with Gasteiger partial charge in [-0.3, -0.25) is 10.1 Å². The number of rotatable bonds is 6. The second-order valence-corrected chi connectivity index (χ2v) is 3.73. The van der Waals surface area contributed by atoms with Gasteiger partial charge in [-0.1, -0.05) is 6.92 Å². The molecule has 100 valence electrons. The summed E-state index contributed by atoms with van der Waals surface area (Å²) in [5, 5.41) is 19.3. The molecule has 1 N–H and O–H groups in total. The van der Waals surface area contributed by atoms with Gasteiger partial charge in [0.2, 0.25) is 0 Å². The first-order valence-corrected chi connectivity index (χ1v) is 5.50. The number of hydrogen-bond acceptors (Lipinski definition) is 4. The number of halogens is 2. The van der Waals surface area contributed by atoms with Gasteiger partial charge in [0.25, 0.3) is 5.69 Å². The van der Waals surface area contributed by atoms with E-state index >= 15 is 0 Å². The maximum atomic E-state index is 13.7. The maximum absolute atomic E-state index is 13.7. The second kappa shape index (κ2) is 6.25. The molecule has 0 saturated heterocycles. The number of hydrogen-bond donors (Lipinski definition) is 1. The van der Waals surface area contributed by atoms with Crippen molar-refractivity contribution >= 4 is 11.4 Å². The van der Waals surface area contributed by atoms with Crippen LogP contribution in [0.4, 0.5) is 20.2 Å². The Hall–Kier alpha value is -1.76. The molecular formula is C11H14F2N2O3. The summed E-state index contributed by atoms with van der Waals surface area (Å²) in [6.07, 6.45) is 0.635. The number of nitro benzene ring substituents is 1. The van der Waals surface area contributed by atoms with Crippen LogP contribution in [0.5, 0.6) is 0 Å². The monoisotopic (exact) mass is 260 g/mol. The van der Waals surface area contributed by atoms with Crippen molar-refractivity contribution in [1.29, 1.82) is 0 Å². The largest absolute Gasteiger partial charge is 0.395 e. The molecule has 0 amide bonds. The van der Waals surface area contributed by atoms with Gasteiger partial charge in [-0.05, 0) is 6.42 Å². The van der Waals surface area contributed by atoms with E-state index in [0.717, 1.165) is 0 Å². The molecule has 0 fully saturated rings. The lowest BCUT2D eigenvalue weighted by Crippen LogP contribution is -2.29. The van der Waals surface area contributed by atoms with Crippen LogP contribution in [0.15, 0.2) is 12.1 Å². The highest BCUT2D eigenvalue weighted by Crippen LogP contribution is 2.28. The zero-order valence-corrected chi connectivity index (χ0v) is 9.90. The Morgan fingerprint density at radius 1 is 1.33 bits per heavy atom. The number of non-ortho nitro benzene ring substituents is 1. The predicted octanol–water partition coefficient (Wildman–Crippen LogP) is 2.08. The first kappa shape index (κ1) is 14.3. The fourth-order valence-electron chi connectivity index (χ4n) is 1.69. The Balaban J connectivity index is 3.18. The van der Waals surface area contributed by atoms with E-state index in [1.165, 1.54) is 4.90 Å². The van der Waals surface area contributed by atoms with Crippen LogP contribution in [-0.4, -0.2) is 29.7 Å². The van der Waals surface area contributed by atoms with Crippen LogP contribution in [0.25, 0.3) is 0 Å². The fourth-order valence-corrected chi connectivity index (χ4v) is 1.69. The van der Waals surface area contributed by atoms with Crippen LogP contribution in [0.2, 0.25) is 0 Å². The minimum atomic E-state index is -0.997. The Kier molecular flexibility index (Phi) is 4.96. The molecule has 0 radical (unpaired) electrons. The number of aliphatic hydroxyl groups excluding tert-OH is 1. The Morgan fingerprint density at radius 2 is 1.89 bits per heavy atom. The van der Waals surface area contributed by atoms with Crippen LogP contribution in [-0.2, 0) is 0 Å². The fraction of sp³-hybridized carbons (Fsp3) is 0.455. The van der Waals surface area contributed by atoms with Crippen LogP contribution in [0.1, 0.15) is 13.3 Å². The van der Waals surface area contributed by atoms with Gasteiger partial charge < -0.3 is 10.0 Å². The van der Waals surface area contributed by atoms with Gasteiger partial charge in [0, 0.05) is 13.1 Å². The Morgan fingerprint density at radius 3 is 2.28 bits per heavy atom. The Bertz CT molecular complexity index is 411. The van der Waals surface area contributed by atoms with Crippen molar-refractivity contribution in [3.8, 4) is 0 Å². The molecule has 18 heavy (non-hydrogen) atoms. The number of benzene rings is 1. The summed E-state index contributed by atoms with van der Waals surface area (Å²) >= 11 is 0. The first-order valence-electron chi connectivity index (χ1n) is 5.50. The summed E-state index contributed by atoms with van der Waals surface area (Å²) in [6, 6.07) is 1.36. The highest BCUT2D eigenvalue weighted by atomic mass is 19.1. The SMILES string of the molecule is CCCN(CCO)c1c(F)cc([N+](=O)[O-])cc1F. The van der Waals surface area contributed by atoms with Gasteiger partial charge >= 0.3 is 0 Å². The zero-order valence-electron chi connectivity index (χ0n) is 9.90. The summed E-state index contributed by atoms with van der Waals surface area (Å²) in [7, 11) is 0. The van der Waals surface area contributed by atoms with E-state index < -0.39 is 22.2 Å². The number of aliphatic hydroxyl groups is 1. The van der Waals surface area contributed by atoms with Gasteiger partial charge in [0.1, 0.15) is 5.69 Å². The highest BCUT2D eigenvalue weighted by molar-refractivity contribution is 5.53. The first-order chi connectivity index (χ1) is 8.51. The Labute approximate surface area is 103 Å². The van der Waals surface area contributed by atoms with Gasteiger partial charge in [-0.15, -0.1) is 0 Å². The molecule has 0 aromatic heterocycles. The molecule has 1 aromatic carbocycles. The molecule has 1 rings (SSSR count). The average molecular weight is 260 g/mol. The minimum Gasteiger partial charge on any atom is -0.395 e. The maximum Gasteiger partial charge on any atom is 0.275 e. The summed E-state index contributed by atoms with van der Waals surface area (Å²) in [6.45, 7) is 1.99. The normalized spacial score (nSPS) is 10.4. The van der Waals surface area contributed by atoms with Crippen molar-refractivity contribution in [2.75, 3.05) is 24.6 Å². The number of nitrogens with zero attached hydrogens (tertiary/aromatic N) is 2. The van der Waals surface area contributed by atoms with Crippen molar-refractivity contribution < 1.29 is 18.8 Å². The summed E-state index contributed by atoms with van der Waals surface area (Å²) in [5.41, 5.74) is -0.967. The van der Waals surface area contributed by atoms with E-state index in [2.05, 4.69) is 0 Å². The smallest absolute Gasteiger partial charge is 0.275 e. The number of anilines is 1. The van der Waals surface area contributed by atoms with E-state index in [4.69, 9.17) is 5.11 Å². The lowest BCUT2D eigenvalue weighted by Gasteiger charge is -2.24. The molecule has 7 heteroatoms. The molecule has 0 saturated carbocycles. The van der Waals surface area contributed by atoms with Crippen molar-refractivity contribution in [2.45, 2.75) is 13.3 Å². The van der Waals surface area contributed by atoms with Crippen LogP contribution < -0.4 is 4.90 Å². The van der Waals surface area contributed by atoms with E-state index in [1.807, 2.05) is 6.92 Å². The average Bonchev–Trinajstić information content (AvgIpc) is 2.28. The lowest BCUT2D eigenvalue weighted by atomic mass is 10.2. The third kappa shape index (κ3) is 3.13. The standard InChI is InChI=1S/C11H14F2N2O3/c1-2-3-14(4-5-16)11-9(12)6-8(15(17)18)7-10(11)13/h6-7,16H,2-5H2,1H3. The van der Waals surface area contributed by atoms with Crippen LogP contribution >= 0.6 is 0 Å². The van der Waals surface area contributed by atoms with Gasteiger partial charge in [0.15, 0.2) is 11.6 Å². The van der Waals surface area contributed by atoms with Gasteiger partial charge in [-0.25, -0.2) is 8.78 Å². The van der Waals surface area contributed by atoms with E-state index in [-0.39, 0.29) is 18.8 Å². The van der Waals surface area contributed by atoms with E-state index in [0.29, 0.717) is 25.1 Å². The van der Waals surface area contributed by atoms with Crippen LogP contribution in [0.3, 0.4) is 0 Å². The van der Waals surface area contributed by atoms with E-state index in [9.17, 15) is 18.9 Å². The van der Waals surface area contributed by atoms with Crippen molar-refractivity contribution in [3.05, 3.63) is 33.9 Å². The van der Waals surface area contributed by atoms with Crippen LogP contribution in [0, 0.1) is 21.7 Å². The number of nitro groups is 1. The van der Waals surface area contributed by atoms with E-state index in [1.54, 1.807) is 0 Å². The third-order valence-electron chi connectivity index (χ3n) is 2.39. The second-order valence-electron chi connectivity index (χ2n) is 3.73.